The maximum absolute atomic E-state index is 5.69. The van der Waals surface area contributed by atoms with Gasteiger partial charge in [0.15, 0.2) is 0 Å². The summed E-state index contributed by atoms with van der Waals surface area (Å²) in [6.07, 6.45) is 18.8. The Morgan fingerprint density at radius 2 is 1.27 bits per heavy atom. The molecule has 0 aromatic rings. The number of hydrogen-bond acceptors (Lipinski definition) is 1. The second kappa shape index (κ2) is 6.83. The molecular weight excluding hydrogens is 268 g/mol. The zero-order valence-electron chi connectivity index (χ0n) is 14.6. The van der Waals surface area contributed by atoms with Crippen molar-refractivity contribution in [2.75, 3.05) is 6.61 Å². The van der Waals surface area contributed by atoms with Crippen LogP contribution in [-0.2, 0) is 4.74 Å². The molecule has 4 rings (SSSR count). The van der Waals surface area contributed by atoms with Crippen LogP contribution in [0.3, 0.4) is 0 Å². The lowest BCUT2D eigenvalue weighted by atomic mass is 9.70. The van der Waals surface area contributed by atoms with E-state index in [2.05, 4.69) is 6.92 Å². The van der Waals surface area contributed by atoms with Crippen LogP contribution in [0.4, 0.5) is 0 Å². The highest BCUT2D eigenvalue weighted by Crippen LogP contribution is 2.54. The SMILES string of the molecule is CC1CC(CCC2CCC(C3CCC4CC4C3)CC2)CCO1. The van der Waals surface area contributed by atoms with Crippen LogP contribution in [0.15, 0.2) is 0 Å². The van der Waals surface area contributed by atoms with Gasteiger partial charge in [-0.1, -0.05) is 25.7 Å². The Labute approximate surface area is 137 Å². The number of ether oxygens (including phenoxy) is 1. The molecule has 5 atom stereocenters. The predicted molar refractivity (Wildman–Crippen MR) is 91.8 cm³/mol. The minimum Gasteiger partial charge on any atom is -0.378 e. The van der Waals surface area contributed by atoms with E-state index in [0.29, 0.717) is 6.10 Å². The lowest BCUT2D eigenvalue weighted by Gasteiger charge is -2.36. The van der Waals surface area contributed by atoms with Crippen molar-refractivity contribution in [3.8, 4) is 0 Å². The molecule has 0 bridgehead atoms. The molecule has 4 aliphatic rings. The topological polar surface area (TPSA) is 9.23 Å². The van der Waals surface area contributed by atoms with Crippen LogP contribution in [0.2, 0.25) is 0 Å². The first kappa shape index (κ1) is 15.5. The van der Waals surface area contributed by atoms with Crippen molar-refractivity contribution in [1.29, 1.82) is 0 Å². The zero-order valence-corrected chi connectivity index (χ0v) is 14.6. The molecule has 0 aromatic heterocycles. The summed E-state index contributed by atoms with van der Waals surface area (Å²) >= 11 is 0. The van der Waals surface area contributed by atoms with Gasteiger partial charge in [-0.05, 0) is 93.8 Å². The number of hydrogen-bond donors (Lipinski definition) is 0. The largest absolute Gasteiger partial charge is 0.378 e. The van der Waals surface area contributed by atoms with Crippen LogP contribution in [0.5, 0.6) is 0 Å². The monoisotopic (exact) mass is 304 g/mol. The van der Waals surface area contributed by atoms with Gasteiger partial charge in [-0.25, -0.2) is 0 Å². The lowest BCUT2D eigenvalue weighted by molar-refractivity contribution is -0.00105. The van der Waals surface area contributed by atoms with E-state index < -0.39 is 0 Å². The minimum absolute atomic E-state index is 0.520. The van der Waals surface area contributed by atoms with Crippen molar-refractivity contribution in [1.82, 2.24) is 0 Å². The molecule has 1 heterocycles. The molecule has 1 saturated heterocycles. The van der Waals surface area contributed by atoms with Gasteiger partial charge in [-0.15, -0.1) is 0 Å². The first-order chi connectivity index (χ1) is 10.8. The van der Waals surface area contributed by atoms with Crippen LogP contribution < -0.4 is 0 Å². The smallest absolute Gasteiger partial charge is 0.0549 e. The molecule has 1 nitrogen and oxygen atoms in total. The predicted octanol–water partition coefficient (Wildman–Crippen LogP) is 5.82. The van der Waals surface area contributed by atoms with Crippen LogP contribution in [0, 0.1) is 35.5 Å². The fraction of sp³-hybridized carbons (Fsp3) is 1.00. The lowest BCUT2D eigenvalue weighted by Crippen LogP contribution is -2.26. The standard InChI is InChI=1S/C21H36O/c1-15-12-17(10-11-22-15)3-2-16-4-6-18(7-5-16)19-8-9-20-14-21(20)13-19/h15-21H,2-14H2,1H3. The van der Waals surface area contributed by atoms with Crippen molar-refractivity contribution >= 4 is 0 Å². The molecule has 1 heteroatoms. The fourth-order valence-electron chi connectivity index (χ4n) is 6.09. The van der Waals surface area contributed by atoms with E-state index in [1.165, 1.54) is 37.5 Å². The van der Waals surface area contributed by atoms with E-state index in [9.17, 15) is 0 Å². The van der Waals surface area contributed by atoms with Crippen molar-refractivity contribution < 1.29 is 4.74 Å². The van der Waals surface area contributed by atoms with Gasteiger partial charge < -0.3 is 4.74 Å². The van der Waals surface area contributed by atoms with Gasteiger partial charge in [0, 0.05) is 6.61 Å². The highest BCUT2D eigenvalue weighted by Gasteiger charge is 2.44. The summed E-state index contributed by atoms with van der Waals surface area (Å²) in [6, 6.07) is 0. The highest BCUT2D eigenvalue weighted by atomic mass is 16.5. The van der Waals surface area contributed by atoms with Crippen molar-refractivity contribution in [2.24, 2.45) is 35.5 Å². The second-order valence-corrected chi connectivity index (χ2v) is 9.26. The molecule has 1 aliphatic heterocycles. The van der Waals surface area contributed by atoms with E-state index in [1.807, 2.05) is 0 Å². The molecule has 0 radical (unpaired) electrons. The van der Waals surface area contributed by atoms with Crippen LogP contribution in [0.1, 0.15) is 84.0 Å². The summed E-state index contributed by atoms with van der Waals surface area (Å²) in [4.78, 5) is 0. The van der Waals surface area contributed by atoms with Gasteiger partial charge in [0.05, 0.1) is 6.10 Å². The maximum atomic E-state index is 5.69. The van der Waals surface area contributed by atoms with Gasteiger partial charge in [0.1, 0.15) is 0 Å². The Bertz CT molecular complexity index is 357. The quantitative estimate of drug-likeness (QED) is 0.635. The molecule has 3 aliphatic carbocycles. The third kappa shape index (κ3) is 3.71. The van der Waals surface area contributed by atoms with E-state index >= 15 is 0 Å². The van der Waals surface area contributed by atoms with E-state index in [0.717, 1.165) is 30.3 Å². The third-order valence-corrected chi connectivity index (χ3v) is 7.72. The van der Waals surface area contributed by atoms with Crippen LogP contribution in [0.25, 0.3) is 0 Å². The Morgan fingerprint density at radius 3 is 1.95 bits per heavy atom. The van der Waals surface area contributed by atoms with Crippen LogP contribution >= 0.6 is 0 Å². The van der Waals surface area contributed by atoms with Crippen LogP contribution in [-0.4, -0.2) is 12.7 Å². The summed E-state index contributed by atoms with van der Waals surface area (Å²) in [7, 11) is 0. The Kier molecular flexibility index (Phi) is 4.81. The molecule has 0 amide bonds. The first-order valence-corrected chi connectivity index (χ1v) is 10.4. The van der Waals surface area contributed by atoms with Gasteiger partial charge in [0.2, 0.25) is 0 Å². The molecule has 0 N–H and O–H groups in total. The van der Waals surface area contributed by atoms with Gasteiger partial charge >= 0.3 is 0 Å². The summed E-state index contributed by atoms with van der Waals surface area (Å²) in [5.74, 6) is 6.61. The van der Waals surface area contributed by atoms with Gasteiger partial charge in [0.25, 0.3) is 0 Å². The molecule has 5 unspecified atom stereocenters. The number of fused-ring (bicyclic) bond motifs is 1. The summed E-state index contributed by atoms with van der Waals surface area (Å²) in [6.45, 7) is 3.27. The van der Waals surface area contributed by atoms with Crippen molar-refractivity contribution in [3.63, 3.8) is 0 Å². The average molecular weight is 305 g/mol. The molecule has 3 saturated carbocycles. The van der Waals surface area contributed by atoms with Gasteiger partial charge in [-0.3, -0.25) is 0 Å². The minimum atomic E-state index is 0.520. The zero-order chi connectivity index (χ0) is 14.9. The average Bonchev–Trinajstić information content (AvgIpc) is 3.32. The first-order valence-electron chi connectivity index (χ1n) is 10.4. The third-order valence-electron chi connectivity index (χ3n) is 7.72. The molecule has 0 aromatic carbocycles. The van der Waals surface area contributed by atoms with Crippen molar-refractivity contribution in [3.05, 3.63) is 0 Å². The van der Waals surface area contributed by atoms with Gasteiger partial charge in [-0.2, -0.15) is 0 Å². The highest BCUT2D eigenvalue weighted by molar-refractivity contribution is 4.94. The van der Waals surface area contributed by atoms with E-state index in [1.54, 1.807) is 51.4 Å². The normalized spacial score (nSPS) is 48.7. The fourth-order valence-corrected chi connectivity index (χ4v) is 6.09. The second-order valence-electron chi connectivity index (χ2n) is 9.26. The van der Waals surface area contributed by atoms with Crippen molar-refractivity contribution in [2.45, 2.75) is 90.1 Å². The van der Waals surface area contributed by atoms with E-state index in [4.69, 9.17) is 4.74 Å². The number of rotatable bonds is 4. The molecule has 22 heavy (non-hydrogen) atoms. The summed E-state index contributed by atoms with van der Waals surface area (Å²) in [5, 5.41) is 0. The molecule has 0 spiro atoms. The summed E-state index contributed by atoms with van der Waals surface area (Å²) in [5.41, 5.74) is 0. The Balaban J connectivity index is 1.16. The Morgan fingerprint density at radius 1 is 0.636 bits per heavy atom. The van der Waals surface area contributed by atoms with E-state index in [-0.39, 0.29) is 0 Å². The molecule has 126 valence electrons. The summed E-state index contributed by atoms with van der Waals surface area (Å²) < 4.78 is 5.69. The maximum Gasteiger partial charge on any atom is 0.0549 e. The Hall–Kier alpha value is -0.0400. The molecular formula is C21H36O. The molecule has 4 fully saturated rings.